The summed E-state index contributed by atoms with van der Waals surface area (Å²) < 4.78 is 26.9. The van der Waals surface area contributed by atoms with Crippen LogP contribution in [0.5, 0.6) is 0 Å². The molecule has 0 unspecified atom stereocenters. The van der Waals surface area contributed by atoms with Crippen LogP contribution in [0, 0.1) is 10.1 Å². The molecule has 0 saturated heterocycles. The molecule has 1 amide bonds. The SMILES string of the molecule is CN(C)c1ccc(S(=O)(=O)NCC(=O)NCc2ccc(Cl)cc2)cc1[N+](=O)[O-]. The van der Waals surface area contributed by atoms with E-state index in [-0.39, 0.29) is 22.8 Å². The van der Waals surface area contributed by atoms with Gasteiger partial charge in [-0.3, -0.25) is 14.9 Å². The van der Waals surface area contributed by atoms with Gasteiger partial charge in [-0.2, -0.15) is 0 Å². The Kier molecular flexibility index (Phi) is 6.95. The predicted octanol–water partition coefficient (Wildman–Crippen LogP) is 1.91. The van der Waals surface area contributed by atoms with Gasteiger partial charge in [0, 0.05) is 31.7 Å². The van der Waals surface area contributed by atoms with E-state index >= 15 is 0 Å². The lowest BCUT2D eigenvalue weighted by atomic mass is 10.2. The van der Waals surface area contributed by atoms with Gasteiger partial charge in [-0.05, 0) is 29.8 Å². The number of carbonyl (C=O) groups excluding carboxylic acids is 1. The minimum atomic E-state index is -4.09. The van der Waals surface area contributed by atoms with E-state index in [0.717, 1.165) is 11.6 Å². The Morgan fingerprint density at radius 1 is 1.18 bits per heavy atom. The summed E-state index contributed by atoms with van der Waals surface area (Å²) in [5, 5.41) is 14.3. The fourth-order valence-electron chi connectivity index (χ4n) is 2.30. The Balaban J connectivity index is 2.03. The van der Waals surface area contributed by atoms with Crippen molar-refractivity contribution in [2.75, 3.05) is 25.5 Å². The van der Waals surface area contributed by atoms with Crippen LogP contribution in [-0.4, -0.2) is 39.9 Å². The average molecular weight is 427 g/mol. The minimum Gasteiger partial charge on any atom is -0.372 e. The van der Waals surface area contributed by atoms with E-state index in [1.807, 2.05) is 0 Å². The molecule has 150 valence electrons. The molecule has 0 aliphatic rings. The standard InChI is InChI=1S/C17H19ClN4O5S/c1-21(2)15-8-7-14(9-16(15)22(24)25)28(26,27)20-11-17(23)19-10-12-3-5-13(18)6-4-12/h3-9,20H,10-11H2,1-2H3,(H,19,23). The maximum Gasteiger partial charge on any atom is 0.293 e. The minimum absolute atomic E-state index is 0.209. The van der Waals surface area contributed by atoms with Crippen molar-refractivity contribution < 1.29 is 18.1 Å². The summed E-state index contributed by atoms with van der Waals surface area (Å²) in [7, 11) is -0.872. The highest BCUT2D eigenvalue weighted by Gasteiger charge is 2.22. The molecule has 11 heteroatoms. The van der Waals surface area contributed by atoms with Crippen molar-refractivity contribution in [3.8, 4) is 0 Å². The van der Waals surface area contributed by atoms with Gasteiger partial charge in [0.2, 0.25) is 15.9 Å². The molecule has 2 rings (SSSR count). The molecule has 0 radical (unpaired) electrons. The third kappa shape index (κ3) is 5.65. The van der Waals surface area contributed by atoms with Gasteiger partial charge in [0.25, 0.3) is 5.69 Å². The first kappa shape index (κ1) is 21.6. The number of amides is 1. The fourth-order valence-corrected chi connectivity index (χ4v) is 3.43. The van der Waals surface area contributed by atoms with Crippen molar-refractivity contribution >= 4 is 38.9 Å². The molecule has 0 saturated carbocycles. The smallest absolute Gasteiger partial charge is 0.293 e. The van der Waals surface area contributed by atoms with E-state index in [4.69, 9.17) is 11.6 Å². The van der Waals surface area contributed by atoms with Crippen LogP contribution in [0.15, 0.2) is 47.4 Å². The highest BCUT2D eigenvalue weighted by Crippen LogP contribution is 2.29. The number of nitro groups is 1. The maximum absolute atomic E-state index is 12.4. The fraction of sp³-hybridized carbons (Fsp3) is 0.235. The number of benzene rings is 2. The van der Waals surface area contributed by atoms with E-state index in [2.05, 4.69) is 10.0 Å². The molecule has 0 atom stereocenters. The first-order valence-corrected chi connectivity index (χ1v) is 9.93. The van der Waals surface area contributed by atoms with E-state index < -0.39 is 27.4 Å². The second-order valence-electron chi connectivity index (χ2n) is 6.03. The molecule has 0 aliphatic carbocycles. The van der Waals surface area contributed by atoms with Crippen LogP contribution < -0.4 is 14.9 Å². The molecule has 0 heterocycles. The molecule has 9 nitrogen and oxygen atoms in total. The van der Waals surface area contributed by atoms with Crippen LogP contribution >= 0.6 is 11.6 Å². The summed E-state index contributed by atoms with van der Waals surface area (Å²) in [5.74, 6) is -0.544. The van der Waals surface area contributed by atoms with E-state index in [1.54, 1.807) is 38.4 Å². The third-order valence-corrected chi connectivity index (χ3v) is 5.41. The first-order valence-electron chi connectivity index (χ1n) is 8.07. The number of rotatable bonds is 8. The third-order valence-electron chi connectivity index (χ3n) is 3.76. The number of sulfonamides is 1. The summed E-state index contributed by atoms with van der Waals surface area (Å²) in [6.07, 6.45) is 0. The van der Waals surface area contributed by atoms with E-state index in [0.29, 0.717) is 5.02 Å². The Labute approximate surface area is 167 Å². The lowest BCUT2D eigenvalue weighted by molar-refractivity contribution is -0.384. The van der Waals surface area contributed by atoms with Crippen LogP contribution in [0.3, 0.4) is 0 Å². The Bertz CT molecular complexity index is 978. The van der Waals surface area contributed by atoms with Crippen LogP contribution in [0.25, 0.3) is 0 Å². The van der Waals surface area contributed by atoms with Crippen LogP contribution in [-0.2, 0) is 21.4 Å². The Morgan fingerprint density at radius 2 is 1.82 bits per heavy atom. The Hall–Kier alpha value is -2.69. The number of hydrogen-bond donors (Lipinski definition) is 2. The number of hydrogen-bond acceptors (Lipinski definition) is 6. The lowest BCUT2D eigenvalue weighted by Crippen LogP contribution is -2.36. The number of anilines is 1. The van der Waals surface area contributed by atoms with Gasteiger partial charge in [0.05, 0.1) is 16.4 Å². The van der Waals surface area contributed by atoms with Crippen molar-refractivity contribution in [1.29, 1.82) is 0 Å². The van der Waals surface area contributed by atoms with Crippen molar-refractivity contribution in [1.82, 2.24) is 10.0 Å². The Morgan fingerprint density at radius 3 is 2.39 bits per heavy atom. The van der Waals surface area contributed by atoms with Crippen molar-refractivity contribution in [2.24, 2.45) is 0 Å². The number of nitro benzene ring substituents is 1. The normalized spacial score (nSPS) is 11.1. The van der Waals surface area contributed by atoms with Gasteiger partial charge in [-0.15, -0.1) is 0 Å². The summed E-state index contributed by atoms with van der Waals surface area (Å²) in [4.78, 5) is 23.7. The zero-order chi connectivity index (χ0) is 20.9. The average Bonchev–Trinajstić information content (AvgIpc) is 2.65. The van der Waals surface area contributed by atoms with Crippen LogP contribution in [0.1, 0.15) is 5.56 Å². The van der Waals surface area contributed by atoms with Gasteiger partial charge in [-0.1, -0.05) is 23.7 Å². The van der Waals surface area contributed by atoms with E-state index in [1.165, 1.54) is 17.0 Å². The second-order valence-corrected chi connectivity index (χ2v) is 8.23. The molecule has 28 heavy (non-hydrogen) atoms. The van der Waals surface area contributed by atoms with Crippen molar-refractivity contribution in [2.45, 2.75) is 11.4 Å². The number of nitrogens with zero attached hydrogens (tertiary/aromatic N) is 2. The molecule has 0 aliphatic heterocycles. The molecular weight excluding hydrogens is 408 g/mol. The summed E-state index contributed by atoms with van der Waals surface area (Å²) in [6.45, 7) is -0.292. The largest absolute Gasteiger partial charge is 0.372 e. The predicted molar refractivity (Wildman–Crippen MR) is 106 cm³/mol. The summed E-state index contributed by atoms with van der Waals surface area (Å²) >= 11 is 5.78. The molecule has 2 N–H and O–H groups in total. The van der Waals surface area contributed by atoms with Crippen LogP contribution in [0.2, 0.25) is 5.02 Å². The second kappa shape index (κ2) is 9.00. The molecule has 2 aromatic rings. The number of nitrogens with one attached hydrogen (secondary N) is 2. The highest BCUT2D eigenvalue weighted by molar-refractivity contribution is 7.89. The highest BCUT2D eigenvalue weighted by atomic mass is 35.5. The zero-order valence-corrected chi connectivity index (χ0v) is 16.7. The summed E-state index contributed by atoms with van der Waals surface area (Å²) in [6, 6.07) is 10.4. The maximum atomic E-state index is 12.4. The molecule has 0 fully saturated rings. The number of carbonyl (C=O) groups is 1. The molecule has 0 spiro atoms. The topological polar surface area (TPSA) is 122 Å². The van der Waals surface area contributed by atoms with Gasteiger partial charge in [-0.25, -0.2) is 13.1 Å². The number of halogens is 1. The van der Waals surface area contributed by atoms with Crippen molar-refractivity contribution in [3.05, 3.63) is 63.2 Å². The van der Waals surface area contributed by atoms with Crippen LogP contribution in [0.4, 0.5) is 11.4 Å². The zero-order valence-electron chi connectivity index (χ0n) is 15.2. The lowest BCUT2D eigenvalue weighted by Gasteiger charge is -2.14. The monoisotopic (exact) mass is 426 g/mol. The molecular formula is C17H19ClN4O5S. The molecule has 2 aromatic carbocycles. The molecule has 0 aromatic heterocycles. The quantitative estimate of drug-likeness (QED) is 0.491. The van der Waals surface area contributed by atoms with Gasteiger partial charge < -0.3 is 10.2 Å². The van der Waals surface area contributed by atoms with Gasteiger partial charge in [0.1, 0.15) is 5.69 Å². The summed E-state index contributed by atoms with van der Waals surface area (Å²) in [5.41, 5.74) is 0.722. The van der Waals surface area contributed by atoms with Crippen molar-refractivity contribution in [3.63, 3.8) is 0 Å². The first-order chi connectivity index (χ1) is 13.1. The van der Waals surface area contributed by atoms with E-state index in [9.17, 15) is 23.3 Å². The molecule has 0 bridgehead atoms. The van der Waals surface area contributed by atoms with Gasteiger partial charge in [0.15, 0.2) is 0 Å². The van der Waals surface area contributed by atoms with Gasteiger partial charge >= 0.3 is 0 Å².